The normalized spacial score (nSPS) is 19.1. The smallest absolute Gasteiger partial charge is 0.0772 e. The van der Waals surface area contributed by atoms with E-state index in [4.69, 9.17) is 4.74 Å². The van der Waals surface area contributed by atoms with Crippen LogP contribution in [0.3, 0.4) is 0 Å². The molecule has 2 atom stereocenters. The Hall–Kier alpha value is -2.94. The van der Waals surface area contributed by atoms with Crippen LogP contribution in [0, 0.1) is 0 Å². The van der Waals surface area contributed by atoms with Gasteiger partial charge in [0.15, 0.2) is 0 Å². The van der Waals surface area contributed by atoms with Gasteiger partial charge in [0.25, 0.3) is 0 Å². The van der Waals surface area contributed by atoms with E-state index < -0.39 is 0 Å². The number of fused-ring (bicyclic) bond motifs is 1. The van der Waals surface area contributed by atoms with Gasteiger partial charge in [-0.3, -0.25) is 0 Å². The predicted octanol–water partition coefficient (Wildman–Crippen LogP) is 6.17. The first-order chi connectivity index (χ1) is 14.9. The third kappa shape index (κ3) is 4.16. The third-order valence-electron chi connectivity index (χ3n) is 6.13. The van der Waals surface area contributed by atoms with Gasteiger partial charge >= 0.3 is 0 Å². The Labute approximate surface area is 178 Å². The molecule has 1 aliphatic heterocycles. The SMILES string of the molecule is c1ccc(-c2cccc(C3CCNCC3OCc3ccc4ccccc4c3)c2)cc1. The Morgan fingerprint density at radius 3 is 2.43 bits per heavy atom. The predicted molar refractivity (Wildman–Crippen MR) is 125 cm³/mol. The molecule has 0 aliphatic carbocycles. The first kappa shape index (κ1) is 19.0. The molecule has 1 heterocycles. The zero-order valence-electron chi connectivity index (χ0n) is 17.1. The van der Waals surface area contributed by atoms with Crippen molar-refractivity contribution in [1.29, 1.82) is 0 Å². The van der Waals surface area contributed by atoms with Gasteiger partial charge in [-0.25, -0.2) is 0 Å². The Bertz CT molecular complexity index is 1120. The molecule has 0 amide bonds. The summed E-state index contributed by atoms with van der Waals surface area (Å²) in [7, 11) is 0. The van der Waals surface area contributed by atoms with Gasteiger partial charge in [-0.1, -0.05) is 91.0 Å². The van der Waals surface area contributed by atoms with E-state index in [2.05, 4.69) is 102 Å². The molecule has 2 nitrogen and oxygen atoms in total. The number of rotatable bonds is 5. The van der Waals surface area contributed by atoms with E-state index in [1.807, 2.05) is 0 Å². The number of benzene rings is 4. The first-order valence-electron chi connectivity index (χ1n) is 10.8. The van der Waals surface area contributed by atoms with Gasteiger partial charge in [-0.15, -0.1) is 0 Å². The number of piperidine rings is 1. The maximum Gasteiger partial charge on any atom is 0.0772 e. The monoisotopic (exact) mass is 393 g/mol. The molecule has 1 saturated heterocycles. The maximum absolute atomic E-state index is 6.47. The second-order valence-corrected chi connectivity index (χ2v) is 8.12. The average molecular weight is 394 g/mol. The highest BCUT2D eigenvalue weighted by Crippen LogP contribution is 2.31. The van der Waals surface area contributed by atoms with Crippen molar-refractivity contribution in [1.82, 2.24) is 5.32 Å². The van der Waals surface area contributed by atoms with Crippen LogP contribution in [0.2, 0.25) is 0 Å². The molecule has 0 saturated carbocycles. The Kier molecular flexibility index (Phi) is 5.60. The summed E-state index contributed by atoms with van der Waals surface area (Å²) in [5.74, 6) is 0.412. The number of ether oxygens (including phenoxy) is 1. The van der Waals surface area contributed by atoms with Crippen LogP contribution in [0.5, 0.6) is 0 Å². The lowest BCUT2D eigenvalue weighted by Crippen LogP contribution is -2.41. The highest BCUT2D eigenvalue weighted by Gasteiger charge is 2.27. The zero-order valence-corrected chi connectivity index (χ0v) is 17.1. The Morgan fingerprint density at radius 1 is 0.733 bits per heavy atom. The van der Waals surface area contributed by atoms with E-state index in [9.17, 15) is 0 Å². The lowest BCUT2D eigenvalue weighted by atomic mass is 9.86. The minimum Gasteiger partial charge on any atom is -0.372 e. The summed E-state index contributed by atoms with van der Waals surface area (Å²) >= 11 is 0. The molecular formula is C28H27NO. The van der Waals surface area contributed by atoms with Crippen molar-refractivity contribution in [3.8, 4) is 11.1 Å². The molecule has 150 valence electrons. The minimum absolute atomic E-state index is 0.177. The van der Waals surface area contributed by atoms with E-state index in [0.29, 0.717) is 12.5 Å². The summed E-state index contributed by atoms with van der Waals surface area (Å²) in [6, 6.07) is 34.7. The topological polar surface area (TPSA) is 21.3 Å². The summed E-state index contributed by atoms with van der Waals surface area (Å²) in [6.45, 7) is 2.58. The second-order valence-electron chi connectivity index (χ2n) is 8.12. The molecule has 1 fully saturated rings. The van der Waals surface area contributed by atoms with E-state index in [1.165, 1.54) is 33.0 Å². The van der Waals surface area contributed by atoms with Crippen LogP contribution in [0.25, 0.3) is 21.9 Å². The summed E-state index contributed by atoms with van der Waals surface area (Å²) < 4.78 is 6.47. The van der Waals surface area contributed by atoms with Crippen LogP contribution in [0.1, 0.15) is 23.5 Å². The molecule has 1 aliphatic rings. The molecule has 4 aromatic rings. The molecule has 2 unspecified atom stereocenters. The fourth-order valence-corrected chi connectivity index (χ4v) is 4.50. The van der Waals surface area contributed by atoms with E-state index in [0.717, 1.165) is 19.5 Å². The molecule has 2 heteroatoms. The van der Waals surface area contributed by atoms with Gasteiger partial charge in [-0.2, -0.15) is 0 Å². The van der Waals surface area contributed by atoms with Crippen LogP contribution in [0.4, 0.5) is 0 Å². The molecule has 5 rings (SSSR count). The first-order valence-corrected chi connectivity index (χ1v) is 10.8. The summed E-state index contributed by atoms with van der Waals surface area (Å²) in [5, 5.41) is 6.07. The number of hydrogen-bond acceptors (Lipinski definition) is 2. The van der Waals surface area contributed by atoms with Gasteiger partial charge in [-0.05, 0) is 52.1 Å². The molecular weight excluding hydrogens is 366 g/mol. The average Bonchev–Trinajstić information content (AvgIpc) is 2.83. The molecule has 1 N–H and O–H groups in total. The number of hydrogen-bond donors (Lipinski definition) is 1. The standard InChI is InChI=1S/C28H27NO/c1-2-7-22(8-3-1)25-11-6-12-26(18-25)27-15-16-29-19-28(27)30-20-21-13-14-23-9-4-5-10-24(23)17-21/h1-14,17-18,27-29H,15-16,19-20H2. The van der Waals surface area contributed by atoms with Crippen LogP contribution < -0.4 is 5.32 Å². The number of nitrogens with one attached hydrogen (secondary N) is 1. The maximum atomic E-state index is 6.47. The fraction of sp³-hybridized carbons (Fsp3) is 0.214. The lowest BCUT2D eigenvalue weighted by molar-refractivity contribution is 0.0107. The largest absolute Gasteiger partial charge is 0.372 e. The highest BCUT2D eigenvalue weighted by atomic mass is 16.5. The molecule has 0 spiro atoms. The van der Waals surface area contributed by atoms with Crippen molar-refractivity contribution in [3.63, 3.8) is 0 Å². The van der Waals surface area contributed by atoms with Crippen molar-refractivity contribution in [2.45, 2.75) is 25.0 Å². The molecule has 4 aromatic carbocycles. The Balaban J connectivity index is 1.34. The van der Waals surface area contributed by atoms with Crippen LogP contribution in [-0.4, -0.2) is 19.2 Å². The van der Waals surface area contributed by atoms with Crippen molar-refractivity contribution >= 4 is 10.8 Å². The Morgan fingerprint density at radius 2 is 1.53 bits per heavy atom. The molecule has 0 aromatic heterocycles. The van der Waals surface area contributed by atoms with Gasteiger partial charge in [0.2, 0.25) is 0 Å². The fourth-order valence-electron chi connectivity index (χ4n) is 4.50. The van der Waals surface area contributed by atoms with Crippen molar-refractivity contribution in [3.05, 3.63) is 108 Å². The van der Waals surface area contributed by atoms with E-state index in [1.54, 1.807) is 0 Å². The molecule has 30 heavy (non-hydrogen) atoms. The van der Waals surface area contributed by atoms with Gasteiger partial charge in [0, 0.05) is 12.5 Å². The molecule has 0 bridgehead atoms. The second kappa shape index (κ2) is 8.83. The van der Waals surface area contributed by atoms with Gasteiger partial charge < -0.3 is 10.1 Å². The van der Waals surface area contributed by atoms with E-state index in [-0.39, 0.29) is 6.10 Å². The van der Waals surface area contributed by atoms with Crippen LogP contribution in [0.15, 0.2) is 97.1 Å². The van der Waals surface area contributed by atoms with Gasteiger partial charge in [0.05, 0.1) is 12.7 Å². The zero-order chi connectivity index (χ0) is 20.2. The summed E-state index contributed by atoms with van der Waals surface area (Å²) in [6.07, 6.45) is 1.27. The lowest BCUT2D eigenvalue weighted by Gasteiger charge is -2.33. The van der Waals surface area contributed by atoms with Crippen LogP contribution in [-0.2, 0) is 11.3 Å². The van der Waals surface area contributed by atoms with Crippen LogP contribution >= 0.6 is 0 Å². The minimum atomic E-state index is 0.177. The molecule has 0 radical (unpaired) electrons. The van der Waals surface area contributed by atoms with Gasteiger partial charge in [0.1, 0.15) is 0 Å². The van der Waals surface area contributed by atoms with Crippen molar-refractivity contribution in [2.75, 3.05) is 13.1 Å². The quantitative estimate of drug-likeness (QED) is 0.438. The van der Waals surface area contributed by atoms with Crippen molar-refractivity contribution in [2.24, 2.45) is 0 Å². The summed E-state index contributed by atoms with van der Waals surface area (Å²) in [4.78, 5) is 0. The third-order valence-corrected chi connectivity index (χ3v) is 6.13. The highest BCUT2D eigenvalue weighted by molar-refractivity contribution is 5.82. The van der Waals surface area contributed by atoms with E-state index >= 15 is 0 Å². The van der Waals surface area contributed by atoms with Crippen molar-refractivity contribution < 1.29 is 4.74 Å². The summed E-state index contributed by atoms with van der Waals surface area (Å²) in [5.41, 5.74) is 5.15.